The normalized spacial score (nSPS) is 11.1. The smallest absolute Gasteiger partial charge is 0.198 e. The summed E-state index contributed by atoms with van der Waals surface area (Å²) in [6, 6.07) is 7.89. The van der Waals surface area contributed by atoms with Crippen LogP contribution in [0, 0.1) is 6.92 Å². The van der Waals surface area contributed by atoms with Crippen LogP contribution in [0.15, 0.2) is 28.7 Å². The maximum absolute atomic E-state index is 12.2. The molecular weight excluding hydrogens is 260 g/mol. The first-order valence-electron chi connectivity index (χ1n) is 8.24. The number of furan rings is 1. The molecule has 0 aliphatic heterocycles. The van der Waals surface area contributed by atoms with Crippen LogP contribution in [0.3, 0.4) is 0 Å². The molecule has 1 heterocycles. The van der Waals surface area contributed by atoms with E-state index in [0.717, 1.165) is 29.4 Å². The lowest BCUT2D eigenvalue weighted by Crippen LogP contribution is -1.96. The molecule has 0 N–H and O–H groups in total. The number of para-hydroxylation sites is 1. The van der Waals surface area contributed by atoms with Gasteiger partial charge in [0.25, 0.3) is 0 Å². The number of hydrogen-bond donors (Lipinski definition) is 0. The van der Waals surface area contributed by atoms with Crippen LogP contribution in [0.1, 0.15) is 74.4 Å². The molecule has 0 saturated carbocycles. The topological polar surface area (TPSA) is 30.2 Å². The van der Waals surface area contributed by atoms with Gasteiger partial charge < -0.3 is 4.42 Å². The van der Waals surface area contributed by atoms with Crippen molar-refractivity contribution in [2.45, 2.75) is 65.2 Å². The zero-order valence-electron chi connectivity index (χ0n) is 13.3. The Bertz CT molecular complexity index is 580. The number of unbranched alkanes of at least 4 members (excludes halogenated alkanes) is 6. The van der Waals surface area contributed by atoms with Crippen molar-refractivity contribution in [3.05, 3.63) is 35.6 Å². The van der Waals surface area contributed by atoms with Gasteiger partial charge >= 0.3 is 0 Å². The van der Waals surface area contributed by atoms with E-state index in [1.54, 1.807) is 0 Å². The Morgan fingerprint density at radius 1 is 1.05 bits per heavy atom. The number of aryl methyl sites for hydroxylation is 1. The van der Waals surface area contributed by atoms with Gasteiger partial charge in [-0.05, 0) is 25.0 Å². The number of carbonyl (C=O) groups excluding carboxylic acids is 1. The molecule has 21 heavy (non-hydrogen) atoms. The summed E-state index contributed by atoms with van der Waals surface area (Å²) in [7, 11) is 0. The van der Waals surface area contributed by atoms with Gasteiger partial charge in [-0.15, -0.1) is 0 Å². The molecule has 0 unspecified atom stereocenters. The number of carbonyl (C=O) groups is 1. The van der Waals surface area contributed by atoms with Crippen LogP contribution in [0.25, 0.3) is 11.0 Å². The highest BCUT2D eigenvalue weighted by Crippen LogP contribution is 2.23. The lowest BCUT2D eigenvalue weighted by atomic mass is 10.1. The average molecular weight is 286 g/mol. The molecule has 2 heteroatoms. The predicted octanol–water partition coefficient (Wildman–Crippen LogP) is 6.06. The van der Waals surface area contributed by atoms with Crippen LogP contribution < -0.4 is 0 Å². The summed E-state index contributed by atoms with van der Waals surface area (Å²) in [5, 5.41) is 1.03. The number of ketones is 1. The molecule has 1 aromatic carbocycles. The monoisotopic (exact) mass is 286 g/mol. The zero-order valence-corrected chi connectivity index (χ0v) is 13.3. The van der Waals surface area contributed by atoms with Crippen LogP contribution in [0.2, 0.25) is 0 Å². The summed E-state index contributed by atoms with van der Waals surface area (Å²) in [6.07, 6.45) is 9.20. The van der Waals surface area contributed by atoms with Crippen LogP contribution in [0.4, 0.5) is 0 Å². The van der Waals surface area contributed by atoms with Gasteiger partial charge in [-0.2, -0.15) is 0 Å². The standard InChI is InChI=1S/C19H26O2/c1-3-4-5-6-7-8-9-13-17(20)18-14-16-12-10-11-15(2)19(16)21-18/h10-12,14H,3-9,13H2,1-2H3. The van der Waals surface area contributed by atoms with Crippen LogP contribution in [0.5, 0.6) is 0 Å². The molecule has 0 amide bonds. The summed E-state index contributed by atoms with van der Waals surface area (Å²) >= 11 is 0. The molecular formula is C19H26O2. The third-order valence-electron chi connectivity index (χ3n) is 4.02. The average Bonchev–Trinajstić information content (AvgIpc) is 2.92. The van der Waals surface area contributed by atoms with E-state index in [2.05, 4.69) is 6.92 Å². The second-order valence-electron chi connectivity index (χ2n) is 5.90. The lowest BCUT2D eigenvalue weighted by molar-refractivity contribution is 0.0954. The maximum Gasteiger partial charge on any atom is 0.198 e. The van der Waals surface area contributed by atoms with Gasteiger partial charge in [-0.3, -0.25) is 4.79 Å². The Kier molecular flexibility index (Phi) is 6.04. The Hall–Kier alpha value is -1.57. The van der Waals surface area contributed by atoms with E-state index < -0.39 is 0 Å². The van der Waals surface area contributed by atoms with Crippen LogP contribution >= 0.6 is 0 Å². The fourth-order valence-corrected chi connectivity index (χ4v) is 2.71. The van der Waals surface area contributed by atoms with Crippen LogP contribution in [-0.2, 0) is 0 Å². The second-order valence-corrected chi connectivity index (χ2v) is 5.90. The van der Waals surface area contributed by atoms with Crippen molar-refractivity contribution < 1.29 is 9.21 Å². The summed E-state index contributed by atoms with van der Waals surface area (Å²) in [6.45, 7) is 4.24. The van der Waals surface area contributed by atoms with Crippen molar-refractivity contribution >= 4 is 16.8 Å². The van der Waals surface area contributed by atoms with Crippen molar-refractivity contribution in [3.8, 4) is 0 Å². The van der Waals surface area contributed by atoms with E-state index in [4.69, 9.17) is 4.42 Å². The van der Waals surface area contributed by atoms with Crippen LogP contribution in [-0.4, -0.2) is 5.78 Å². The van der Waals surface area contributed by atoms with E-state index in [1.165, 1.54) is 32.1 Å². The third-order valence-corrected chi connectivity index (χ3v) is 4.02. The molecule has 0 saturated heterocycles. The molecule has 0 aliphatic carbocycles. The molecule has 114 valence electrons. The van der Waals surface area contributed by atoms with Gasteiger partial charge in [-0.1, -0.05) is 63.6 Å². The fraction of sp³-hybridized carbons (Fsp3) is 0.526. The Balaban J connectivity index is 1.78. The lowest BCUT2D eigenvalue weighted by Gasteiger charge is -2.00. The number of benzene rings is 1. The number of hydrogen-bond acceptors (Lipinski definition) is 2. The Labute approximate surface area is 127 Å². The van der Waals surface area contributed by atoms with Gasteiger partial charge in [0, 0.05) is 11.8 Å². The van der Waals surface area contributed by atoms with Crippen molar-refractivity contribution in [1.29, 1.82) is 0 Å². The largest absolute Gasteiger partial charge is 0.453 e. The van der Waals surface area contributed by atoms with Crippen molar-refractivity contribution in [2.75, 3.05) is 0 Å². The number of fused-ring (bicyclic) bond motifs is 1. The van der Waals surface area contributed by atoms with E-state index in [-0.39, 0.29) is 5.78 Å². The van der Waals surface area contributed by atoms with Gasteiger partial charge in [0.15, 0.2) is 11.5 Å². The minimum Gasteiger partial charge on any atom is -0.453 e. The summed E-state index contributed by atoms with van der Waals surface area (Å²) in [4.78, 5) is 12.2. The first kappa shape index (κ1) is 15.8. The van der Waals surface area contributed by atoms with Crippen molar-refractivity contribution in [3.63, 3.8) is 0 Å². The molecule has 0 bridgehead atoms. The highest BCUT2D eigenvalue weighted by atomic mass is 16.3. The highest BCUT2D eigenvalue weighted by molar-refractivity contribution is 5.98. The minimum absolute atomic E-state index is 0.138. The Morgan fingerprint density at radius 3 is 2.48 bits per heavy atom. The van der Waals surface area contributed by atoms with Gasteiger partial charge in [0.05, 0.1) is 0 Å². The van der Waals surface area contributed by atoms with Crippen molar-refractivity contribution in [1.82, 2.24) is 0 Å². The third kappa shape index (κ3) is 4.45. The van der Waals surface area contributed by atoms with Gasteiger partial charge in [0.1, 0.15) is 5.58 Å². The Morgan fingerprint density at radius 2 is 1.76 bits per heavy atom. The second kappa shape index (κ2) is 8.02. The highest BCUT2D eigenvalue weighted by Gasteiger charge is 2.12. The zero-order chi connectivity index (χ0) is 15.1. The summed E-state index contributed by atoms with van der Waals surface area (Å²) < 4.78 is 5.72. The maximum atomic E-state index is 12.2. The van der Waals surface area contributed by atoms with E-state index in [9.17, 15) is 4.79 Å². The number of Topliss-reactive ketones (excluding diaryl/α,β-unsaturated/α-hetero) is 1. The first-order chi connectivity index (χ1) is 10.2. The molecule has 2 rings (SSSR count). The quantitative estimate of drug-likeness (QED) is 0.414. The van der Waals surface area contributed by atoms with Gasteiger partial charge in [0.2, 0.25) is 0 Å². The minimum atomic E-state index is 0.138. The van der Waals surface area contributed by atoms with Crippen molar-refractivity contribution in [2.24, 2.45) is 0 Å². The van der Waals surface area contributed by atoms with E-state index in [1.807, 2.05) is 31.2 Å². The molecule has 0 atom stereocenters. The molecule has 0 radical (unpaired) electrons. The first-order valence-corrected chi connectivity index (χ1v) is 8.24. The van der Waals surface area contributed by atoms with E-state index in [0.29, 0.717) is 12.2 Å². The fourth-order valence-electron chi connectivity index (χ4n) is 2.71. The van der Waals surface area contributed by atoms with E-state index >= 15 is 0 Å². The summed E-state index contributed by atoms with van der Waals surface area (Å²) in [5.41, 5.74) is 1.93. The number of rotatable bonds is 9. The molecule has 0 spiro atoms. The SMILES string of the molecule is CCCCCCCCCC(=O)c1cc2cccc(C)c2o1. The summed E-state index contributed by atoms with van der Waals surface area (Å²) in [5.74, 6) is 0.657. The molecule has 0 fully saturated rings. The predicted molar refractivity (Wildman–Crippen MR) is 87.9 cm³/mol. The molecule has 0 aliphatic rings. The molecule has 2 aromatic rings. The molecule has 1 aromatic heterocycles. The molecule has 2 nitrogen and oxygen atoms in total. The van der Waals surface area contributed by atoms with Gasteiger partial charge in [-0.25, -0.2) is 0 Å².